The van der Waals surface area contributed by atoms with Crippen LogP contribution in [0.15, 0.2) is 24.3 Å². The fourth-order valence-corrected chi connectivity index (χ4v) is 2.64. The molecule has 1 aliphatic heterocycles. The number of nitrogens with zero attached hydrogens (tertiary/aromatic N) is 1. The Bertz CT molecular complexity index is 574. The zero-order valence-electron chi connectivity index (χ0n) is 11.4. The second-order valence-electron chi connectivity index (χ2n) is 5.26. The maximum atomic E-state index is 12.9. The molecule has 4 nitrogen and oxygen atoms in total. The number of amides is 2. The van der Waals surface area contributed by atoms with Crippen LogP contribution < -0.4 is 5.73 Å². The van der Waals surface area contributed by atoms with Crippen LogP contribution in [0.4, 0.5) is 13.2 Å². The second kappa shape index (κ2) is 6.16. The van der Waals surface area contributed by atoms with Gasteiger partial charge in [0.15, 0.2) is 0 Å². The van der Waals surface area contributed by atoms with Gasteiger partial charge in [-0.1, -0.05) is 23.7 Å². The minimum atomic E-state index is -4.56. The summed E-state index contributed by atoms with van der Waals surface area (Å²) in [5, 5.41) is 0.503. The molecule has 2 N–H and O–H groups in total. The Balaban J connectivity index is 2.08. The lowest BCUT2D eigenvalue weighted by atomic mass is 9.95. The van der Waals surface area contributed by atoms with Crippen LogP contribution >= 0.6 is 11.6 Å². The molecule has 1 heterocycles. The number of hydrogen-bond acceptors (Lipinski definition) is 2. The molecule has 0 bridgehead atoms. The highest BCUT2D eigenvalue weighted by Crippen LogP contribution is 2.37. The average molecular weight is 335 g/mol. The van der Waals surface area contributed by atoms with Gasteiger partial charge in [-0.25, -0.2) is 0 Å². The first kappa shape index (κ1) is 16.6. The van der Waals surface area contributed by atoms with E-state index in [2.05, 4.69) is 0 Å². The minimum Gasteiger partial charge on any atom is -0.369 e. The summed E-state index contributed by atoms with van der Waals surface area (Å²) in [4.78, 5) is 24.3. The van der Waals surface area contributed by atoms with Crippen molar-refractivity contribution in [2.24, 2.45) is 17.6 Å². The molecular formula is C14H14ClF3N2O2. The molecule has 22 heavy (non-hydrogen) atoms. The van der Waals surface area contributed by atoms with Gasteiger partial charge in [-0.05, 0) is 17.7 Å². The van der Waals surface area contributed by atoms with Gasteiger partial charge in [0.1, 0.15) is 0 Å². The molecule has 1 saturated heterocycles. The van der Waals surface area contributed by atoms with E-state index >= 15 is 0 Å². The van der Waals surface area contributed by atoms with Crippen molar-refractivity contribution < 1.29 is 22.8 Å². The van der Waals surface area contributed by atoms with E-state index in [4.69, 9.17) is 17.3 Å². The Hall–Kier alpha value is -1.76. The maximum Gasteiger partial charge on any atom is 0.394 e. The van der Waals surface area contributed by atoms with E-state index < -0.39 is 36.4 Å². The van der Waals surface area contributed by atoms with Crippen molar-refractivity contribution in [2.75, 3.05) is 13.1 Å². The fraction of sp³-hybridized carbons (Fsp3) is 0.429. The summed E-state index contributed by atoms with van der Waals surface area (Å²) >= 11 is 5.73. The molecule has 1 aromatic rings. The van der Waals surface area contributed by atoms with E-state index in [9.17, 15) is 22.8 Å². The Morgan fingerprint density at radius 3 is 2.27 bits per heavy atom. The molecule has 0 aromatic heterocycles. The quantitative estimate of drug-likeness (QED) is 0.919. The van der Waals surface area contributed by atoms with Gasteiger partial charge >= 0.3 is 6.18 Å². The highest BCUT2D eigenvalue weighted by atomic mass is 35.5. The van der Waals surface area contributed by atoms with Crippen LogP contribution in [-0.4, -0.2) is 36.0 Å². The van der Waals surface area contributed by atoms with Crippen LogP contribution in [0, 0.1) is 11.8 Å². The highest BCUT2D eigenvalue weighted by molar-refractivity contribution is 6.30. The van der Waals surface area contributed by atoms with Crippen LogP contribution in [0.25, 0.3) is 0 Å². The summed E-state index contributed by atoms with van der Waals surface area (Å²) in [7, 11) is 0. The molecule has 2 amide bonds. The largest absolute Gasteiger partial charge is 0.394 e. The van der Waals surface area contributed by atoms with Gasteiger partial charge in [0.2, 0.25) is 11.8 Å². The van der Waals surface area contributed by atoms with Gasteiger partial charge in [0.05, 0.1) is 18.3 Å². The van der Waals surface area contributed by atoms with E-state index in [0.717, 1.165) is 4.90 Å². The number of hydrogen-bond donors (Lipinski definition) is 1. The second-order valence-corrected chi connectivity index (χ2v) is 5.70. The Kier molecular flexibility index (Phi) is 4.65. The van der Waals surface area contributed by atoms with Crippen molar-refractivity contribution in [3.63, 3.8) is 0 Å². The van der Waals surface area contributed by atoms with Crippen LogP contribution in [0.1, 0.15) is 5.56 Å². The van der Waals surface area contributed by atoms with E-state index in [-0.39, 0.29) is 13.0 Å². The molecule has 1 aliphatic rings. The van der Waals surface area contributed by atoms with Crippen LogP contribution in [0.2, 0.25) is 5.02 Å². The summed E-state index contributed by atoms with van der Waals surface area (Å²) in [5.74, 6) is -4.81. The summed E-state index contributed by atoms with van der Waals surface area (Å²) < 4.78 is 38.8. The van der Waals surface area contributed by atoms with Gasteiger partial charge in [-0.2, -0.15) is 13.2 Å². The first-order valence-corrected chi connectivity index (χ1v) is 6.94. The summed E-state index contributed by atoms with van der Waals surface area (Å²) in [6.07, 6.45) is -4.61. The SMILES string of the molecule is NC(=O)[C@@H]1CN(C(=O)Cc2ccc(Cl)cc2)C[C@H]1C(F)(F)F. The third-order valence-corrected chi connectivity index (χ3v) is 3.98. The third-order valence-electron chi connectivity index (χ3n) is 3.73. The van der Waals surface area contributed by atoms with Crippen LogP contribution in [-0.2, 0) is 16.0 Å². The molecule has 1 aromatic carbocycles. The molecule has 0 saturated carbocycles. The van der Waals surface area contributed by atoms with E-state index in [0.29, 0.717) is 10.6 Å². The topological polar surface area (TPSA) is 63.4 Å². The van der Waals surface area contributed by atoms with Crippen LogP contribution in [0.3, 0.4) is 0 Å². The lowest BCUT2D eigenvalue weighted by molar-refractivity contribution is -0.182. The van der Waals surface area contributed by atoms with Crippen molar-refractivity contribution >= 4 is 23.4 Å². The number of nitrogens with two attached hydrogens (primary N) is 1. The lowest BCUT2D eigenvalue weighted by Crippen LogP contribution is -2.37. The van der Waals surface area contributed by atoms with E-state index in [1.165, 1.54) is 0 Å². The van der Waals surface area contributed by atoms with E-state index in [1.807, 2.05) is 0 Å². The van der Waals surface area contributed by atoms with Crippen molar-refractivity contribution in [2.45, 2.75) is 12.6 Å². The van der Waals surface area contributed by atoms with Gasteiger partial charge < -0.3 is 10.6 Å². The molecule has 0 aliphatic carbocycles. The van der Waals surface area contributed by atoms with Crippen molar-refractivity contribution in [1.29, 1.82) is 0 Å². The zero-order valence-corrected chi connectivity index (χ0v) is 12.2. The van der Waals surface area contributed by atoms with E-state index in [1.54, 1.807) is 24.3 Å². The van der Waals surface area contributed by atoms with Crippen molar-refractivity contribution in [1.82, 2.24) is 4.90 Å². The lowest BCUT2D eigenvalue weighted by Gasteiger charge is -2.18. The monoisotopic (exact) mass is 334 g/mol. The molecule has 120 valence electrons. The number of carbonyl (C=O) groups excluding carboxylic acids is 2. The molecule has 2 atom stereocenters. The predicted molar refractivity (Wildman–Crippen MR) is 74.0 cm³/mol. The normalized spacial score (nSPS) is 21.9. The minimum absolute atomic E-state index is 0.0484. The molecule has 1 fully saturated rings. The Morgan fingerprint density at radius 1 is 1.23 bits per heavy atom. The van der Waals surface area contributed by atoms with Gasteiger partial charge in [-0.15, -0.1) is 0 Å². The zero-order chi connectivity index (χ0) is 16.5. The third kappa shape index (κ3) is 3.71. The number of carbonyl (C=O) groups is 2. The number of alkyl halides is 3. The molecular weight excluding hydrogens is 321 g/mol. The van der Waals surface area contributed by atoms with Gasteiger partial charge in [0.25, 0.3) is 0 Å². The molecule has 8 heteroatoms. The fourth-order valence-electron chi connectivity index (χ4n) is 2.52. The Morgan fingerprint density at radius 2 is 1.82 bits per heavy atom. The number of likely N-dealkylation sites (tertiary alicyclic amines) is 1. The number of halogens is 4. The number of rotatable bonds is 3. The first-order chi connectivity index (χ1) is 10.2. The standard InChI is InChI=1S/C14H14ClF3N2O2/c15-9-3-1-8(2-4-9)5-12(21)20-6-10(13(19)22)11(7-20)14(16,17)18/h1-4,10-11H,5-7H2,(H2,19,22)/t10-,11-/m1/s1. The van der Waals surface area contributed by atoms with Crippen LogP contribution in [0.5, 0.6) is 0 Å². The molecule has 0 unspecified atom stereocenters. The maximum absolute atomic E-state index is 12.9. The summed E-state index contributed by atoms with van der Waals surface area (Å²) in [5.41, 5.74) is 5.66. The molecule has 0 radical (unpaired) electrons. The first-order valence-electron chi connectivity index (χ1n) is 6.56. The highest BCUT2D eigenvalue weighted by Gasteiger charge is 2.52. The van der Waals surface area contributed by atoms with Gasteiger partial charge in [0, 0.05) is 18.1 Å². The Labute approximate surface area is 130 Å². The summed E-state index contributed by atoms with van der Waals surface area (Å²) in [6.45, 7) is -0.838. The number of primary amides is 1. The molecule has 0 spiro atoms. The molecule has 2 rings (SSSR count). The predicted octanol–water partition coefficient (Wildman–Crippen LogP) is 2.00. The smallest absolute Gasteiger partial charge is 0.369 e. The van der Waals surface area contributed by atoms with Crippen molar-refractivity contribution in [3.8, 4) is 0 Å². The number of benzene rings is 1. The van der Waals surface area contributed by atoms with Crippen molar-refractivity contribution in [3.05, 3.63) is 34.9 Å². The average Bonchev–Trinajstić information content (AvgIpc) is 2.86. The van der Waals surface area contributed by atoms with Gasteiger partial charge in [-0.3, -0.25) is 9.59 Å². The summed E-state index contributed by atoms with van der Waals surface area (Å²) in [6, 6.07) is 6.45.